The minimum Gasteiger partial charge on any atom is -0.351 e. The summed E-state index contributed by atoms with van der Waals surface area (Å²) in [6.07, 6.45) is 6.20. The quantitative estimate of drug-likeness (QED) is 0.0924. The van der Waals surface area contributed by atoms with Crippen molar-refractivity contribution < 1.29 is 38.4 Å². The van der Waals surface area contributed by atoms with Crippen LogP contribution in [-0.2, 0) is 51.2 Å². The van der Waals surface area contributed by atoms with E-state index in [2.05, 4.69) is 54.7 Å². The average molecular weight is 1080 g/mol. The molecule has 2 aromatic rings. The maximum Gasteiger partial charge on any atom is 0.246 e. The van der Waals surface area contributed by atoms with E-state index in [1.807, 2.05) is 91.8 Å². The van der Waals surface area contributed by atoms with Crippen molar-refractivity contribution in [2.24, 2.45) is 28.6 Å². The number of likely N-dealkylation sites (N-methyl/N-ethyl adjacent to an activating group) is 2. The topological polar surface area (TPSA) is 239 Å². The molecule has 6 rings (SSSR count). The molecule has 2 saturated heterocycles. The molecule has 2 aliphatic carbocycles. The standard InChI is InChI=1S/C60H92N10O8/c1-34(2)42(54(74)64-41-31-48(56(76)66-46-27-19-23-39-21-15-17-25-44(39)46)70(33-41)58(78)50(60(9,10)11)68-53(73)37(5)62-13)29-28-35(3)51(71)63-40-30-47(55(75)65-45-26-18-22-38-20-14-16-24-43(38)45)69(32-40)57(77)49(59(6,7)8)67-52(72)36(4)61-12/h14-17,20-21,24-25,34-37,40-42,45-50,61-62H,18-19,22-23,26-33H2,1-13H3,(H,63,71)(H,64,74)(H,65,75)(H,66,76)(H,67,72)(H,68,73)/t35-,36-,37-,40-,41-,42+,45+,46+,47-,48-,49+,50+/m0/s1. The van der Waals surface area contributed by atoms with Crippen LogP contribution in [0, 0.1) is 28.6 Å². The van der Waals surface area contributed by atoms with Crippen molar-refractivity contribution in [3.63, 3.8) is 0 Å². The highest BCUT2D eigenvalue weighted by Gasteiger charge is 2.48. The molecule has 12 atom stereocenters. The van der Waals surface area contributed by atoms with Crippen molar-refractivity contribution in [1.82, 2.24) is 52.3 Å². The largest absolute Gasteiger partial charge is 0.351 e. The molecule has 8 amide bonds. The normalized spacial score (nSPS) is 23.6. The first kappa shape index (κ1) is 61.3. The van der Waals surface area contributed by atoms with Gasteiger partial charge in [0.05, 0.1) is 24.2 Å². The Labute approximate surface area is 463 Å². The SMILES string of the molecule is CN[C@@H](C)C(=O)N[C@H](C(=O)N1C[C@@H](NC(=O)[C@@H](C)CC[C@@H](C(=O)N[C@H]2C[C@@H](C(=O)N[C@@H]3CCCc4ccccc43)N(C(=O)[C@@H](NC(=O)[C@H](C)NC)C(C)(C)C)C2)C(C)C)C[C@H]1C(=O)N[C@@H]1CCCc2ccccc21)C(C)(C)C. The maximum absolute atomic E-state index is 14.8. The molecule has 0 bridgehead atoms. The van der Waals surface area contributed by atoms with Crippen molar-refractivity contribution in [1.29, 1.82) is 0 Å². The van der Waals surface area contributed by atoms with Crippen molar-refractivity contribution in [2.75, 3.05) is 27.2 Å². The van der Waals surface area contributed by atoms with E-state index in [9.17, 15) is 38.4 Å². The highest BCUT2D eigenvalue weighted by molar-refractivity contribution is 5.96. The second kappa shape index (κ2) is 26.4. The summed E-state index contributed by atoms with van der Waals surface area (Å²) in [5.74, 6) is -3.87. The van der Waals surface area contributed by atoms with E-state index < -0.39 is 82.8 Å². The number of carbonyl (C=O) groups is 8. The lowest BCUT2D eigenvalue weighted by Crippen LogP contribution is -2.59. The molecule has 0 spiro atoms. The lowest BCUT2D eigenvalue weighted by molar-refractivity contribution is -0.144. The van der Waals surface area contributed by atoms with Crippen molar-refractivity contribution >= 4 is 47.3 Å². The van der Waals surface area contributed by atoms with E-state index >= 15 is 0 Å². The van der Waals surface area contributed by atoms with Crippen molar-refractivity contribution in [3.05, 3.63) is 70.8 Å². The van der Waals surface area contributed by atoms with E-state index in [0.717, 1.165) is 49.7 Å². The Morgan fingerprint density at radius 2 is 0.936 bits per heavy atom. The zero-order chi connectivity index (χ0) is 57.4. The third-order valence-electron chi connectivity index (χ3n) is 16.8. The number of likely N-dealkylation sites (tertiary alicyclic amines) is 2. The van der Waals surface area contributed by atoms with Crippen LogP contribution < -0.4 is 42.5 Å². The minimum atomic E-state index is -0.965. The molecule has 0 aromatic heterocycles. The van der Waals surface area contributed by atoms with Crippen molar-refractivity contribution in [3.8, 4) is 0 Å². The van der Waals surface area contributed by atoms with Crippen LogP contribution in [0.5, 0.6) is 0 Å². The van der Waals surface area contributed by atoms with Gasteiger partial charge in [0.2, 0.25) is 47.3 Å². The first-order chi connectivity index (χ1) is 36.7. The van der Waals surface area contributed by atoms with Crippen LogP contribution in [0.2, 0.25) is 0 Å². The van der Waals surface area contributed by atoms with Gasteiger partial charge in [0.15, 0.2) is 0 Å². The molecule has 2 aromatic carbocycles. The predicted molar refractivity (Wildman–Crippen MR) is 301 cm³/mol. The fourth-order valence-electron chi connectivity index (χ4n) is 11.6. The Bertz CT molecular complexity index is 2490. The predicted octanol–water partition coefficient (Wildman–Crippen LogP) is 4.51. The number of fused-ring (bicyclic) bond motifs is 2. The third-order valence-corrected chi connectivity index (χ3v) is 16.8. The molecule has 2 heterocycles. The third kappa shape index (κ3) is 15.1. The molecule has 0 unspecified atom stereocenters. The summed E-state index contributed by atoms with van der Waals surface area (Å²) in [7, 11) is 3.33. The molecule has 4 aliphatic rings. The number of rotatable bonds is 20. The number of aryl methyl sites for hydroxylation is 2. The van der Waals surface area contributed by atoms with Gasteiger partial charge in [0.25, 0.3) is 0 Å². The van der Waals surface area contributed by atoms with Gasteiger partial charge in [-0.3, -0.25) is 38.4 Å². The molecule has 18 heteroatoms. The van der Waals surface area contributed by atoms with Gasteiger partial charge in [-0.15, -0.1) is 0 Å². The number of hydrogen-bond acceptors (Lipinski definition) is 10. The Morgan fingerprint density at radius 3 is 1.32 bits per heavy atom. The van der Waals surface area contributed by atoms with Gasteiger partial charge in [-0.05, 0) is 131 Å². The summed E-state index contributed by atoms with van der Waals surface area (Å²) in [5.41, 5.74) is 3.04. The van der Waals surface area contributed by atoms with Gasteiger partial charge in [0.1, 0.15) is 24.2 Å². The van der Waals surface area contributed by atoms with Gasteiger partial charge in [-0.2, -0.15) is 0 Å². The molecule has 0 saturated carbocycles. The van der Waals surface area contributed by atoms with E-state index in [0.29, 0.717) is 12.8 Å². The van der Waals surface area contributed by atoms with Crippen LogP contribution in [0.3, 0.4) is 0 Å². The number of hydrogen-bond donors (Lipinski definition) is 8. The average Bonchev–Trinajstić information content (AvgIpc) is 4.04. The lowest BCUT2D eigenvalue weighted by Gasteiger charge is -2.36. The zero-order valence-electron chi connectivity index (χ0n) is 48.8. The van der Waals surface area contributed by atoms with Crippen LogP contribution in [0.4, 0.5) is 0 Å². The molecule has 2 fully saturated rings. The second-order valence-electron chi connectivity index (χ2n) is 25.2. The first-order valence-electron chi connectivity index (χ1n) is 28.7. The Kier molecular flexibility index (Phi) is 20.7. The van der Waals surface area contributed by atoms with Gasteiger partial charge in [-0.1, -0.05) is 111 Å². The second-order valence-corrected chi connectivity index (χ2v) is 25.2. The molecule has 8 N–H and O–H groups in total. The van der Waals surface area contributed by atoms with Crippen LogP contribution in [0.1, 0.15) is 162 Å². The Morgan fingerprint density at radius 1 is 0.538 bits per heavy atom. The number of carbonyl (C=O) groups excluding carboxylic acids is 8. The monoisotopic (exact) mass is 1080 g/mol. The van der Waals surface area contributed by atoms with Crippen LogP contribution >= 0.6 is 0 Å². The molecular formula is C60H92N10O8. The summed E-state index contributed by atoms with van der Waals surface area (Å²) >= 11 is 0. The van der Waals surface area contributed by atoms with Crippen LogP contribution in [0.15, 0.2) is 48.5 Å². The maximum atomic E-state index is 14.8. The number of benzene rings is 2. The number of nitrogens with zero attached hydrogens (tertiary/aromatic N) is 2. The molecule has 78 heavy (non-hydrogen) atoms. The van der Waals surface area contributed by atoms with Crippen molar-refractivity contribution in [2.45, 2.75) is 201 Å². The summed E-state index contributed by atoms with van der Waals surface area (Å²) in [6, 6.07) is 9.61. The number of amides is 8. The van der Waals surface area contributed by atoms with E-state index in [1.54, 1.807) is 34.9 Å². The lowest BCUT2D eigenvalue weighted by atomic mass is 9.85. The van der Waals surface area contributed by atoms with Gasteiger partial charge in [-0.25, -0.2) is 0 Å². The minimum absolute atomic E-state index is 0.0589. The van der Waals surface area contributed by atoms with E-state index in [1.165, 1.54) is 20.9 Å². The van der Waals surface area contributed by atoms with Crippen LogP contribution in [-0.4, -0.2) is 133 Å². The zero-order valence-corrected chi connectivity index (χ0v) is 48.8. The van der Waals surface area contributed by atoms with Gasteiger partial charge < -0.3 is 52.3 Å². The fraction of sp³-hybridized carbons (Fsp3) is 0.667. The highest BCUT2D eigenvalue weighted by atomic mass is 16.2. The smallest absolute Gasteiger partial charge is 0.246 e. The molecule has 18 nitrogen and oxygen atoms in total. The first-order valence-corrected chi connectivity index (χ1v) is 28.7. The van der Waals surface area contributed by atoms with Gasteiger partial charge in [0, 0.05) is 37.0 Å². The summed E-state index contributed by atoms with van der Waals surface area (Å²) in [5, 5.41) is 24.6. The molecular weight excluding hydrogens is 989 g/mol. The molecule has 430 valence electrons. The van der Waals surface area contributed by atoms with E-state index in [4.69, 9.17) is 0 Å². The molecule has 2 aliphatic heterocycles. The molecule has 0 radical (unpaired) electrons. The van der Waals surface area contributed by atoms with Crippen LogP contribution in [0.25, 0.3) is 0 Å². The Balaban J connectivity index is 1.15. The Hall–Kier alpha value is -5.88. The van der Waals surface area contributed by atoms with Gasteiger partial charge >= 0.3 is 0 Å². The summed E-state index contributed by atoms with van der Waals surface area (Å²) < 4.78 is 0. The number of nitrogens with one attached hydrogen (secondary N) is 8. The summed E-state index contributed by atoms with van der Waals surface area (Å²) in [6.45, 7) is 20.4. The summed E-state index contributed by atoms with van der Waals surface area (Å²) in [4.78, 5) is 116. The van der Waals surface area contributed by atoms with E-state index in [-0.39, 0.29) is 79.4 Å². The fourth-order valence-corrected chi connectivity index (χ4v) is 11.6. The highest BCUT2D eigenvalue weighted by Crippen LogP contribution is 2.34.